The first-order valence-electron chi connectivity index (χ1n) is 6.56. The number of hydrogen-bond donors (Lipinski definition) is 1. The topological polar surface area (TPSA) is 107 Å². The third-order valence-corrected chi connectivity index (χ3v) is 4.74. The van der Waals surface area contributed by atoms with Crippen molar-refractivity contribution in [2.75, 3.05) is 18.1 Å². The largest absolute Gasteiger partial charge is 0.493 e. The van der Waals surface area contributed by atoms with E-state index in [0.29, 0.717) is 17.7 Å². The van der Waals surface area contributed by atoms with Gasteiger partial charge in [0, 0.05) is 23.4 Å². The minimum Gasteiger partial charge on any atom is -0.493 e. The van der Waals surface area contributed by atoms with Gasteiger partial charge in [0.15, 0.2) is 0 Å². The van der Waals surface area contributed by atoms with Gasteiger partial charge in [-0.25, -0.2) is 8.42 Å². The molecule has 0 aliphatic rings. The standard InChI is InChI=1S/C13H19NO6S/c1-3-21(18,19)8-4-7-20-13-6-5-11(14(16)17)9-12(13)10(2)15/h5-6,9-10,15H,3-4,7-8H2,1-2H3/t10-/m1/s1. The maximum absolute atomic E-state index is 11.3. The molecular formula is C13H19NO6S. The average Bonchev–Trinajstić information content (AvgIpc) is 2.43. The van der Waals surface area contributed by atoms with E-state index in [1.807, 2.05) is 0 Å². The molecule has 0 aromatic heterocycles. The molecule has 1 aromatic rings. The molecule has 1 atom stereocenters. The summed E-state index contributed by atoms with van der Waals surface area (Å²) < 4.78 is 28.1. The van der Waals surface area contributed by atoms with Crippen LogP contribution in [-0.4, -0.2) is 36.6 Å². The van der Waals surface area contributed by atoms with Crippen LogP contribution in [0, 0.1) is 10.1 Å². The first kappa shape index (κ1) is 17.4. The first-order valence-corrected chi connectivity index (χ1v) is 8.38. The molecule has 1 rings (SSSR count). The number of benzene rings is 1. The zero-order valence-electron chi connectivity index (χ0n) is 12.0. The van der Waals surface area contributed by atoms with Gasteiger partial charge < -0.3 is 9.84 Å². The molecule has 1 aromatic carbocycles. The summed E-state index contributed by atoms with van der Waals surface area (Å²) in [5.41, 5.74) is 0.175. The number of non-ortho nitro benzene ring substituents is 1. The number of nitrogens with zero attached hydrogens (tertiary/aromatic N) is 1. The number of aliphatic hydroxyl groups excluding tert-OH is 1. The summed E-state index contributed by atoms with van der Waals surface area (Å²) in [5, 5.41) is 20.3. The minimum atomic E-state index is -3.04. The zero-order valence-corrected chi connectivity index (χ0v) is 12.8. The Labute approximate surface area is 123 Å². The molecule has 0 aliphatic carbocycles. The highest BCUT2D eigenvalue weighted by Crippen LogP contribution is 2.29. The minimum absolute atomic E-state index is 0.0283. The zero-order chi connectivity index (χ0) is 16.0. The Morgan fingerprint density at radius 2 is 2.10 bits per heavy atom. The Morgan fingerprint density at radius 3 is 2.62 bits per heavy atom. The lowest BCUT2D eigenvalue weighted by atomic mass is 10.1. The number of ether oxygens (including phenoxy) is 1. The van der Waals surface area contributed by atoms with Gasteiger partial charge in [0.1, 0.15) is 15.6 Å². The number of rotatable bonds is 8. The molecule has 0 heterocycles. The molecule has 0 fully saturated rings. The van der Waals surface area contributed by atoms with Crippen molar-refractivity contribution in [3.8, 4) is 5.75 Å². The van der Waals surface area contributed by atoms with Gasteiger partial charge in [0.05, 0.1) is 23.4 Å². The lowest BCUT2D eigenvalue weighted by molar-refractivity contribution is -0.385. The summed E-state index contributed by atoms with van der Waals surface area (Å²) >= 11 is 0. The third-order valence-electron chi connectivity index (χ3n) is 2.95. The Balaban J connectivity index is 2.73. The smallest absolute Gasteiger partial charge is 0.270 e. The predicted molar refractivity (Wildman–Crippen MR) is 78.2 cm³/mol. The van der Waals surface area contributed by atoms with Gasteiger partial charge in [-0.05, 0) is 19.4 Å². The van der Waals surface area contributed by atoms with Gasteiger partial charge in [-0.3, -0.25) is 10.1 Å². The van der Waals surface area contributed by atoms with Crippen molar-refractivity contribution < 1.29 is 23.2 Å². The predicted octanol–water partition coefficient (Wildman–Crippen LogP) is 1.85. The van der Waals surface area contributed by atoms with Gasteiger partial charge in [0.2, 0.25) is 0 Å². The molecule has 8 heteroatoms. The van der Waals surface area contributed by atoms with Crippen LogP contribution < -0.4 is 4.74 Å². The molecular weight excluding hydrogens is 298 g/mol. The maximum atomic E-state index is 11.3. The van der Waals surface area contributed by atoms with E-state index in [4.69, 9.17) is 4.74 Å². The van der Waals surface area contributed by atoms with Crippen molar-refractivity contribution in [2.45, 2.75) is 26.4 Å². The Kier molecular flexibility index (Phi) is 6.10. The first-order chi connectivity index (χ1) is 9.76. The highest BCUT2D eigenvalue weighted by atomic mass is 32.2. The van der Waals surface area contributed by atoms with Crippen molar-refractivity contribution >= 4 is 15.5 Å². The SMILES string of the molecule is CCS(=O)(=O)CCCOc1ccc([N+](=O)[O-])cc1[C@@H](C)O. The van der Waals surface area contributed by atoms with Crippen LogP contribution in [0.25, 0.3) is 0 Å². The third kappa shape index (κ3) is 5.31. The second-order valence-electron chi connectivity index (χ2n) is 4.59. The quantitative estimate of drug-likeness (QED) is 0.445. The molecule has 118 valence electrons. The van der Waals surface area contributed by atoms with Gasteiger partial charge in [-0.15, -0.1) is 0 Å². The van der Waals surface area contributed by atoms with Crippen molar-refractivity contribution in [3.05, 3.63) is 33.9 Å². The molecule has 7 nitrogen and oxygen atoms in total. The van der Waals surface area contributed by atoms with Crippen LogP contribution in [0.15, 0.2) is 18.2 Å². The summed E-state index contributed by atoms with van der Waals surface area (Å²) in [5.74, 6) is 0.439. The van der Waals surface area contributed by atoms with E-state index in [-0.39, 0.29) is 23.8 Å². The fraction of sp³-hybridized carbons (Fsp3) is 0.538. The normalized spacial score (nSPS) is 12.9. The van der Waals surface area contributed by atoms with Crippen LogP contribution in [-0.2, 0) is 9.84 Å². The van der Waals surface area contributed by atoms with Crippen LogP contribution in [0.5, 0.6) is 5.75 Å². The summed E-state index contributed by atoms with van der Waals surface area (Å²) in [6, 6.07) is 3.95. The Hall–Kier alpha value is -1.67. The van der Waals surface area contributed by atoms with Crippen LogP contribution in [0.4, 0.5) is 5.69 Å². The van der Waals surface area contributed by atoms with Crippen LogP contribution in [0.2, 0.25) is 0 Å². The molecule has 21 heavy (non-hydrogen) atoms. The molecule has 0 saturated heterocycles. The van der Waals surface area contributed by atoms with Crippen molar-refractivity contribution in [1.29, 1.82) is 0 Å². The van der Waals surface area contributed by atoms with Crippen LogP contribution in [0.1, 0.15) is 31.9 Å². The fourth-order valence-electron chi connectivity index (χ4n) is 1.71. The van der Waals surface area contributed by atoms with Gasteiger partial charge in [0.25, 0.3) is 5.69 Å². The molecule has 0 unspecified atom stereocenters. The van der Waals surface area contributed by atoms with E-state index in [2.05, 4.69) is 0 Å². The van der Waals surface area contributed by atoms with E-state index >= 15 is 0 Å². The molecule has 0 spiro atoms. The Morgan fingerprint density at radius 1 is 1.43 bits per heavy atom. The van der Waals surface area contributed by atoms with Gasteiger partial charge >= 0.3 is 0 Å². The highest BCUT2D eigenvalue weighted by molar-refractivity contribution is 7.91. The molecule has 0 amide bonds. The van der Waals surface area contributed by atoms with Crippen molar-refractivity contribution in [2.24, 2.45) is 0 Å². The molecule has 0 saturated carbocycles. The maximum Gasteiger partial charge on any atom is 0.270 e. The van der Waals surface area contributed by atoms with Gasteiger partial charge in [-0.2, -0.15) is 0 Å². The van der Waals surface area contributed by atoms with Crippen LogP contribution in [0.3, 0.4) is 0 Å². The second-order valence-corrected chi connectivity index (χ2v) is 7.07. The summed E-state index contributed by atoms with van der Waals surface area (Å²) in [6.45, 7) is 3.22. The molecule has 0 aliphatic heterocycles. The average molecular weight is 317 g/mol. The number of sulfone groups is 1. The van der Waals surface area contributed by atoms with E-state index in [0.717, 1.165) is 0 Å². The molecule has 0 radical (unpaired) electrons. The second kappa shape index (κ2) is 7.37. The molecule has 1 N–H and O–H groups in total. The van der Waals surface area contributed by atoms with Crippen molar-refractivity contribution in [3.63, 3.8) is 0 Å². The number of aliphatic hydroxyl groups is 1. The van der Waals surface area contributed by atoms with E-state index < -0.39 is 20.9 Å². The fourth-order valence-corrected chi connectivity index (χ4v) is 2.56. The van der Waals surface area contributed by atoms with E-state index in [9.17, 15) is 23.6 Å². The summed E-state index contributed by atoms with van der Waals surface area (Å²) in [7, 11) is -3.04. The lowest BCUT2D eigenvalue weighted by Gasteiger charge is -2.13. The van der Waals surface area contributed by atoms with Crippen molar-refractivity contribution in [1.82, 2.24) is 0 Å². The summed E-state index contributed by atoms with van der Waals surface area (Å²) in [6.07, 6.45) is -0.592. The van der Waals surface area contributed by atoms with E-state index in [1.165, 1.54) is 25.1 Å². The monoisotopic (exact) mass is 317 g/mol. The Bertz CT molecular complexity index is 597. The summed E-state index contributed by atoms with van der Waals surface area (Å²) in [4.78, 5) is 10.2. The van der Waals surface area contributed by atoms with Gasteiger partial charge in [-0.1, -0.05) is 6.92 Å². The number of nitro groups is 1. The van der Waals surface area contributed by atoms with E-state index in [1.54, 1.807) is 6.92 Å². The number of hydrogen-bond acceptors (Lipinski definition) is 6. The lowest BCUT2D eigenvalue weighted by Crippen LogP contribution is -2.12. The number of nitro benzene ring substituents is 1. The highest BCUT2D eigenvalue weighted by Gasteiger charge is 2.15. The van der Waals surface area contributed by atoms with Crippen LogP contribution >= 0.6 is 0 Å². The molecule has 0 bridgehead atoms.